The van der Waals surface area contributed by atoms with Gasteiger partial charge in [-0.1, -0.05) is 0 Å². The Balaban J connectivity index is 2.11. The quantitative estimate of drug-likeness (QED) is 0.722. The average molecular weight is 250 g/mol. The Morgan fingerprint density at radius 2 is 2.22 bits per heavy atom. The molecule has 0 unspecified atom stereocenters. The number of nitrogen functional groups attached to an aromatic ring is 1. The second kappa shape index (κ2) is 6.07. The minimum absolute atomic E-state index is 0.197. The van der Waals surface area contributed by atoms with Crippen LogP contribution in [0.4, 0.5) is 5.69 Å². The molecule has 1 aromatic rings. The molecule has 4 nitrogen and oxygen atoms in total. The predicted molar refractivity (Wildman–Crippen MR) is 72.5 cm³/mol. The van der Waals surface area contributed by atoms with Crippen LogP contribution in [0.15, 0.2) is 18.2 Å². The van der Waals surface area contributed by atoms with Crippen molar-refractivity contribution in [1.82, 2.24) is 4.90 Å². The Labute approximate surface area is 108 Å². The summed E-state index contributed by atoms with van der Waals surface area (Å²) < 4.78 is 5.63. The molecule has 18 heavy (non-hydrogen) atoms. The third-order valence-electron chi connectivity index (χ3n) is 3.21. The van der Waals surface area contributed by atoms with Crippen LogP contribution in [0.2, 0.25) is 0 Å². The molecular formula is C14H22N2O2. The number of anilines is 1. The van der Waals surface area contributed by atoms with Crippen LogP contribution in [0.1, 0.15) is 25.3 Å². The molecule has 0 aliphatic heterocycles. The van der Waals surface area contributed by atoms with E-state index in [9.17, 15) is 0 Å². The summed E-state index contributed by atoms with van der Waals surface area (Å²) in [6, 6.07) is 6.38. The highest BCUT2D eigenvalue weighted by Crippen LogP contribution is 2.30. The zero-order valence-electron chi connectivity index (χ0n) is 10.9. The predicted octanol–water partition coefficient (Wildman–Crippen LogP) is 1.62. The first-order chi connectivity index (χ1) is 8.74. The zero-order valence-corrected chi connectivity index (χ0v) is 10.9. The van der Waals surface area contributed by atoms with Gasteiger partial charge in [-0.15, -0.1) is 0 Å². The van der Waals surface area contributed by atoms with Gasteiger partial charge in [0.25, 0.3) is 0 Å². The molecule has 4 heteroatoms. The van der Waals surface area contributed by atoms with Gasteiger partial charge >= 0.3 is 0 Å². The highest BCUT2D eigenvalue weighted by molar-refractivity contribution is 5.47. The number of aliphatic hydroxyl groups is 1. The van der Waals surface area contributed by atoms with Crippen molar-refractivity contribution < 1.29 is 9.84 Å². The highest BCUT2D eigenvalue weighted by atomic mass is 16.5. The van der Waals surface area contributed by atoms with Gasteiger partial charge in [0, 0.05) is 30.4 Å². The average Bonchev–Trinajstić information content (AvgIpc) is 3.16. The maximum atomic E-state index is 9.12. The van der Waals surface area contributed by atoms with E-state index in [-0.39, 0.29) is 6.61 Å². The lowest BCUT2D eigenvalue weighted by molar-refractivity contribution is 0.181. The first-order valence-corrected chi connectivity index (χ1v) is 6.60. The van der Waals surface area contributed by atoms with Gasteiger partial charge in [0.15, 0.2) is 0 Å². The van der Waals surface area contributed by atoms with Crippen molar-refractivity contribution in [3.63, 3.8) is 0 Å². The Bertz CT molecular complexity index is 391. The fourth-order valence-electron chi connectivity index (χ4n) is 2.20. The Kier molecular flexibility index (Phi) is 4.44. The van der Waals surface area contributed by atoms with Crippen LogP contribution >= 0.6 is 0 Å². The van der Waals surface area contributed by atoms with Crippen LogP contribution in [0, 0.1) is 0 Å². The fraction of sp³-hybridized carbons (Fsp3) is 0.571. The molecule has 100 valence electrons. The molecule has 0 atom stereocenters. The molecule has 1 aliphatic carbocycles. The molecule has 0 amide bonds. The largest absolute Gasteiger partial charge is 0.494 e. The van der Waals surface area contributed by atoms with Gasteiger partial charge in [0.1, 0.15) is 5.75 Å². The summed E-state index contributed by atoms with van der Waals surface area (Å²) in [6.45, 7) is 4.34. The molecular weight excluding hydrogens is 228 g/mol. The summed E-state index contributed by atoms with van der Waals surface area (Å²) in [5.41, 5.74) is 7.71. The monoisotopic (exact) mass is 250 g/mol. The van der Waals surface area contributed by atoms with E-state index in [1.807, 2.05) is 25.1 Å². The third-order valence-corrected chi connectivity index (χ3v) is 3.21. The van der Waals surface area contributed by atoms with E-state index in [2.05, 4.69) is 4.90 Å². The number of hydrogen-bond acceptors (Lipinski definition) is 4. The van der Waals surface area contributed by atoms with Crippen LogP contribution in [-0.4, -0.2) is 35.8 Å². The van der Waals surface area contributed by atoms with E-state index in [4.69, 9.17) is 15.6 Å². The molecule has 1 fully saturated rings. The van der Waals surface area contributed by atoms with Gasteiger partial charge in [-0.2, -0.15) is 0 Å². The minimum Gasteiger partial charge on any atom is -0.494 e. The van der Waals surface area contributed by atoms with Gasteiger partial charge in [0.2, 0.25) is 0 Å². The van der Waals surface area contributed by atoms with Crippen LogP contribution < -0.4 is 10.5 Å². The number of hydrogen-bond donors (Lipinski definition) is 2. The lowest BCUT2D eigenvalue weighted by Gasteiger charge is -2.22. The summed E-state index contributed by atoms with van der Waals surface area (Å²) in [5.74, 6) is 0.898. The normalized spacial score (nSPS) is 15.1. The van der Waals surface area contributed by atoms with E-state index in [0.717, 1.165) is 23.5 Å². The second-order valence-corrected chi connectivity index (χ2v) is 4.73. The molecule has 0 bridgehead atoms. The summed E-state index contributed by atoms with van der Waals surface area (Å²) >= 11 is 0. The maximum absolute atomic E-state index is 9.12. The van der Waals surface area contributed by atoms with Crippen molar-refractivity contribution >= 4 is 5.69 Å². The van der Waals surface area contributed by atoms with Crippen LogP contribution in [0.3, 0.4) is 0 Å². The highest BCUT2D eigenvalue weighted by Gasteiger charge is 2.29. The molecule has 0 spiro atoms. The van der Waals surface area contributed by atoms with Gasteiger partial charge in [-0.3, -0.25) is 4.90 Å². The Hall–Kier alpha value is -1.26. The SMILES string of the molecule is CCOc1ccc(N)cc1CN(CCO)C1CC1. The fourth-order valence-corrected chi connectivity index (χ4v) is 2.20. The van der Waals surface area contributed by atoms with Crippen LogP contribution in [0.25, 0.3) is 0 Å². The topological polar surface area (TPSA) is 58.7 Å². The number of nitrogens with two attached hydrogens (primary N) is 1. The van der Waals surface area contributed by atoms with Gasteiger partial charge in [-0.05, 0) is 38.0 Å². The van der Waals surface area contributed by atoms with E-state index >= 15 is 0 Å². The smallest absolute Gasteiger partial charge is 0.123 e. The lowest BCUT2D eigenvalue weighted by atomic mass is 10.1. The summed E-state index contributed by atoms with van der Waals surface area (Å²) in [5, 5.41) is 9.12. The summed E-state index contributed by atoms with van der Waals surface area (Å²) in [6.07, 6.45) is 2.46. The first-order valence-electron chi connectivity index (χ1n) is 6.60. The molecule has 0 aromatic heterocycles. The number of aliphatic hydroxyl groups excluding tert-OH is 1. The standard InChI is InChI=1S/C14H22N2O2/c1-2-18-14-6-3-12(15)9-11(14)10-16(7-8-17)13-4-5-13/h3,6,9,13,17H,2,4-5,7-8,10,15H2,1H3. The third kappa shape index (κ3) is 3.37. The Morgan fingerprint density at radius 3 is 2.83 bits per heavy atom. The number of ether oxygens (including phenoxy) is 1. The minimum atomic E-state index is 0.197. The molecule has 0 heterocycles. The molecule has 0 saturated heterocycles. The van der Waals surface area contributed by atoms with Crippen molar-refractivity contribution in [2.24, 2.45) is 0 Å². The summed E-state index contributed by atoms with van der Waals surface area (Å²) in [7, 11) is 0. The van der Waals surface area contributed by atoms with Gasteiger partial charge in [0.05, 0.1) is 13.2 Å². The zero-order chi connectivity index (χ0) is 13.0. The number of benzene rings is 1. The van der Waals surface area contributed by atoms with Crippen molar-refractivity contribution in [2.45, 2.75) is 32.4 Å². The maximum Gasteiger partial charge on any atom is 0.123 e. The van der Waals surface area contributed by atoms with E-state index in [1.54, 1.807) is 0 Å². The molecule has 1 aliphatic rings. The van der Waals surface area contributed by atoms with E-state index in [0.29, 0.717) is 19.2 Å². The van der Waals surface area contributed by atoms with Crippen molar-refractivity contribution in [3.8, 4) is 5.75 Å². The molecule has 3 N–H and O–H groups in total. The molecule has 1 aromatic carbocycles. The van der Waals surface area contributed by atoms with Crippen molar-refractivity contribution in [1.29, 1.82) is 0 Å². The molecule has 0 radical (unpaired) electrons. The summed E-state index contributed by atoms with van der Waals surface area (Å²) in [4.78, 5) is 2.30. The van der Waals surface area contributed by atoms with Crippen molar-refractivity contribution in [3.05, 3.63) is 23.8 Å². The van der Waals surface area contributed by atoms with Crippen LogP contribution in [-0.2, 0) is 6.54 Å². The number of nitrogens with zero attached hydrogens (tertiary/aromatic N) is 1. The molecule has 2 rings (SSSR count). The molecule has 1 saturated carbocycles. The van der Waals surface area contributed by atoms with Crippen LogP contribution in [0.5, 0.6) is 5.75 Å². The number of rotatable bonds is 7. The van der Waals surface area contributed by atoms with Gasteiger partial charge < -0.3 is 15.6 Å². The van der Waals surface area contributed by atoms with Crippen molar-refractivity contribution in [2.75, 3.05) is 25.5 Å². The van der Waals surface area contributed by atoms with E-state index < -0.39 is 0 Å². The Morgan fingerprint density at radius 1 is 1.44 bits per heavy atom. The van der Waals surface area contributed by atoms with Gasteiger partial charge in [-0.25, -0.2) is 0 Å². The lowest BCUT2D eigenvalue weighted by Crippen LogP contribution is -2.28. The van der Waals surface area contributed by atoms with E-state index in [1.165, 1.54) is 12.8 Å². The second-order valence-electron chi connectivity index (χ2n) is 4.73. The first kappa shape index (κ1) is 13.2.